The molecule has 0 saturated carbocycles. The summed E-state index contributed by atoms with van der Waals surface area (Å²) in [6, 6.07) is 6.02. The number of allylic oxidation sites excluding steroid dienone is 1. The van der Waals surface area contributed by atoms with E-state index in [2.05, 4.69) is 15.6 Å². The van der Waals surface area contributed by atoms with Gasteiger partial charge >= 0.3 is 5.97 Å². The highest BCUT2D eigenvalue weighted by Gasteiger charge is 2.59. The summed E-state index contributed by atoms with van der Waals surface area (Å²) in [6.45, 7) is 7.68. The number of rotatable bonds is 10. The van der Waals surface area contributed by atoms with Gasteiger partial charge in [0, 0.05) is 5.92 Å². The van der Waals surface area contributed by atoms with Crippen LogP contribution in [-0.2, 0) is 25.8 Å². The minimum atomic E-state index is -0.871. The van der Waals surface area contributed by atoms with Gasteiger partial charge in [-0.05, 0) is 37.3 Å². The third-order valence-corrected chi connectivity index (χ3v) is 8.01. The van der Waals surface area contributed by atoms with Gasteiger partial charge in [0.15, 0.2) is 0 Å². The van der Waals surface area contributed by atoms with Crippen LogP contribution in [0.5, 0.6) is 0 Å². The highest BCUT2D eigenvalue weighted by atomic mass is 16.5. The second-order valence-electron chi connectivity index (χ2n) is 9.94. The number of carbonyl (C=O) groups excluding carboxylic acids is 3. The van der Waals surface area contributed by atoms with Gasteiger partial charge in [0.05, 0.1) is 36.6 Å². The molecule has 1 aromatic carbocycles. The van der Waals surface area contributed by atoms with Crippen LogP contribution in [0.15, 0.2) is 36.4 Å². The Hall–Kier alpha value is -3.27. The normalized spacial score (nSPS) is 26.7. The molecule has 1 fully saturated rings. The number of nitrogens with one attached hydrogen (secondary N) is 1. The van der Waals surface area contributed by atoms with E-state index >= 15 is 0 Å². The Morgan fingerprint density at radius 3 is 2.62 bits per heavy atom. The zero-order chi connectivity index (χ0) is 26.7. The number of esters is 1. The number of aliphatic hydroxyl groups is 1. The third-order valence-electron chi connectivity index (χ3n) is 8.01. The molecule has 10 nitrogen and oxygen atoms in total. The smallest absolute Gasteiger partial charge is 0.310 e. The Morgan fingerprint density at radius 1 is 1.19 bits per heavy atom. The number of fused-ring (bicyclic) bond motifs is 2. The van der Waals surface area contributed by atoms with Crippen LogP contribution in [0.2, 0.25) is 0 Å². The molecule has 1 aliphatic heterocycles. The van der Waals surface area contributed by atoms with Gasteiger partial charge in [-0.3, -0.25) is 14.4 Å². The summed E-state index contributed by atoms with van der Waals surface area (Å²) < 4.78 is 6.97. The van der Waals surface area contributed by atoms with Crippen molar-refractivity contribution >= 4 is 28.8 Å². The number of aliphatic hydroxyl groups excluding tert-OH is 1. The number of hydrogen-bond acceptors (Lipinski definition) is 7. The van der Waals surface area contributed by atoms with E-state index in [9.17, 15) is 19.5 Å². The molecular weight excluding hydrogens is 474 g/mol. The zero-order valence-corrected chi connectivity index (χ0v) is 21.9. The third kappa shape index (κ3) is 4.86. The summed E-state index contributed by atoms with van der Waals surface area (Å²) >= 11 is 0. The number of benzene rings is 1. The molecule has 4 rings (SSSR count). The van der Waals surface area contributed by atoms with Crippen molar-refractivity contribution in [2.24, 2.45) is 29.6 Å². The van der Waals surface area contributed by atoms with Crippen LogP contribution in [-0.4, -0.2) is 68.1 Å². The SMILES string of the molecule is CCOC(=O)[C@H]1[C@@H]2C(=O)N([C@@H](CO)[C@@H](C)CC)[C@H](C(=O)NCn3nnc4ccccc43)[C@H]2C=C[C@H]1CC. The predicted octanol–water partition coefficient (Wildman–Crippen LogP) is 2.13. The first-order valence-corrected chi connectivity index (χ1v) is 13.2. The van der Waals surface area contributed by atoms with E-state index in [0.717, 1.165) is 11.9 Å². The fourth-order valence-corrected chi connectivity index (χ4v) is 5.86. The van der Waals surface area contributed by atoms with Crippen molar-refractivity contribution in [3.05, 3.63) is 36.4 Å². The van der Waals surface area contributed by atoms with Crippen molar-refractivity contribution in [2.75, 3.05) is 13.2 Å². The van der Waals surface area contributed by atoms with Crippen molar-refractivity contribution in [3.63, 3.8) is 0 Å². The molecule has 0 spiro atoms. The van der Waals surface area contributed by atoms with Crippen LogP contribution in [0.25, 0.3) is 11.0 Å². The summed E-state index contributed by atoms with van der Waals surface area (Å²) in [5.74, 6) is -3.18. The fourth-order valence-electron chi connectivity index (χ4n) is 5.86. The number of para-hydroxylation sites is 1. The second kappa shape index (κ2) is 11.4. The van der Waals surface area contributed by atoms with Crippen molar-refractivity contribution < 1.29 is 24.2 Å². The molecule has 0 radical (unpaired) electrons. The Kier molecular flexibility index (Phi) is 8.26. The fraction of sp³-hybridized carbons (Fsp3) is 0.593. The summed E-state index contributed by atoms with van der Waals surface area (Å²) in [5.41, 5.74) is 1.49. The molecule has 2 amide bonds. The summed E-state index contributed by atoms with van der Waals surface area (Å²) in [4.78, 5) is 42.4. The maximum Gasteiger partial charge on any atom is 0.310 e. The first-order valence-electron chi connectivity index (χ1n) is 13.2. The minimum absolute atomic E-state index is 0.0457. The van der Waals surface area contributed by atoms with Crippen LogP contribution in [0, 0.1) is 29.6 Å². The maximum absolute atomic E-state index is 14.0. The average molecular weight is 512 g/mol. The number of hydrogen-bond donors (Lipinski definition) is 2. The van der Waals surface area contributed by atoms with Crippen LogP contribution >= 0.6 is 0 Å². The van der Waals surface area contributed by atoms with Crippen LogP contribution in [0.3, 0.4) is 0 Å². The second-order valence-corrected chi connectivity index (χ2v) is 9.94. The highest BCUT2D eigenvalue weighted by Crippen LogP contribution is 2.46. The van der Waals surface area contributed by atoms with E-state index in [1.165, 1.54) is 4.90 Å². The van der Waals surface area contributed by atoms with Crippen molar-refractivity contribution in [2.45, 2.75) is 59.3 Å². The Balaban J connectivity index is 1.69. The van der Waals surface area contributed by atoms with Crippen LogP contribution in [0.4, 0.5) is 0 Å². The summed E-state index contributed by atoms with van der Waals surface area (Å²) in [6.07, 6.45) is 5.24. The van der Waals surface area contributed by atoms with E-state index in [4.69, 9.17) is 4.74 Å². The first-order chi connectivity index (χ1) is 17.9. The highest BCUT2D eigenvalue weighted by molar-refractivity contribution is 5.96. The number of ether oxygens (including phenoxy) is 1. The monoisotopic (exact) mass is 511 g/mol. The molecule has 2 N–H and O–H groups in total. The van der Waals surface area contributed by atoms with Gasteiger partial charge in [0.1, 0.15) is 18.2 Å². The lowest BCUT2D eigenvalue weighted by atomic mass is 9.69. The standard InChI is InChI=1S/C27H37N5O5/c1-5-16(4)21(14-33)32-24(25(34)28-15-31-20-11-9-8-10-19(20)29-30-31)18-13-12-17(6-2)22(23(18)26(32)35)27(36)37-7-3/h8-13,16-18,21-24,33H,5-7,14-15H2,1-4H3,(H,28,34)/t16-,17+,18-,21-,22+,23+,24-/m0/s1. The van der Waals surface area contributed by atoms with Gasteiger partial charge in [-0.2, -0.15) is 0 Å². The van der Waals surface area contributed by atoms with Crippen LogP contribution < -0.4 is 5.32 Å². The van der Waals surface area contributed by atoms with Crippen LogP contribution in [0.1, 0.15) is 40.5 Å². The molecule has 2 aromatic rings. The largest absolute Gasteiger partial charge is 0.466 e. The Morgan fingerprint density at radius 2 is 1.95 bits per heavy atom. The molecule has 10 heteroatoms. The molecule has 37 heavy (non-hydrogen) atoms. The number of nitrogens with zero attached hydrogens (tertiary/aromatic N) is 4. The lowest BCUT2D eigenvalue weighted by Gasteiger charge is -2.36. The van der Waals surface area contributed by atoms with Gasteiger partial charge in [0.25, 0.3) is 0 Å². The maximum atomic E-state index is 14.0. The molecule has 0 unspecified atom stereocenters. The van der Waals surface area contributed by atoms with E-state index in [0.29, 0.717) is 11.9 Å². The number of carbonyl (C=O) groups is 3. The minimum Gasteiger partial charge on any atom is -0.466 e. The molecule has 0 bridgehead atoms. The summed E-state index contributed by atoms with van der Waals surface area (Å²) in [5, 5.41) is 21.5. The van der Waals surface area contributed by atoms with E-state index in [1.54, 1.807) is 11.6 Å². The molecule has 200 valence electrons. The van der Waals surface area contributed by atoms with E-state index < -0.39 is 35.8 Å². The van der Waals surface area contributed by atoms with Gasteiger partial charge < -0.3 is 20.1 Å². The van der Waals surface area contributed by atoms with Gasteiger partial charge in [0.2, 0.25) is 11.8 Å². The van der Waals surface area contributed by atoms with Gasteiger partial charge in [-0.1, -0.05) is 56.7 Å². The topological polar surface area (TPSA) is 127 Å². The van der Waals surface area contributed by atoms with E-state index in [-0.39, 0.29) is 43.5 Å². The van der Waals surface area contributed by atoms with Crippen molar-refractivity contribution in [1.29, 1.82) is 0 Å². The molecule has 1 aliphatic carbocycles. The van der Waals surface area contributed by atoms with Gasteiger partial charge in [-0.15, -0.1) is 5.10 Å². The Bertz CT molecular complexity index is 1160. The quantitative estimate of drug-likeness (QED) is 0.370. The number of likely N-dealkylation sites (tertiary alicyclic amines) is 1. The molecule has 1 aromatic heterocycles. The van der Waals surface area contributed by atoms with Crippen molar-refractivity contribution in [3.8, 4) is 0 Å². The molecule has 1 saturated heterocycles. The predicted molar refractivity (Wildman–Crippen MR) is 137 cm³/mol. The molecule has 2 aliphatic rings. The zero-order valence-electron chi connectivity index (χ0n) is 21.9. The first kappa shape index (κ1) is 26.8. The Labute approximate surface area is 217 Å². The molecular formula is C27H37N5O5. The average Bonchev–Trinajstić information content (AvgIpc) is 3.46. The van der Waals surface area contributed by atoms with E-state index in [1.807, 2.05) is 57.2 Å². The van der Waals surface area contributed by atoms with Crippen molar-refractivity contribution in [1.82, 2.24) is 25.2 Å². The molecule has 2 heterocycles. The molecule has 7 atom stereocenters. The lowest BCUT2D eigenvalue weighted by molar-refractivity contribution is -0.156. The lowest BCUT2D eigenvalue weighted by Crippen LogP contribution is -2.54. The van der Waals surface area contributed by atoms with Gasteiger partial charge in [-0.25, -0.2) is 4.68 Å². The summed E-state index contributed by atoms with van der Waals surface area (Å²) in [7, 11) is 0. The number of aromatic nitrogens is 3. The number of amides is 2.